The molecular weight excluding hydrogens is 262 g/mol. The Bertz CT molecular complexity index is 622. The third-order valence-electron chi connectivity index (χ3n) is 4.04. The molecule has 0 unspecified atom stereocenters. The number of ether oxygens (including phenoxy) is 1. The molecule has 0 aliphatic carbocycles. The van der Waals surface area contributed by atoms with Crippen LogP contribution < -0.4 is 5.32 Å². The van der Waals surface area contributed by atoms with Gasteiger partial charge in [0, 0.05) is 18.6 Å². The highest BCUT2D eigenvalue weighted by molar-refractivity contribution is 5.64. The van der Waals surface area contributed by atoms with Crippen molar-refractivity contribution in [3.8, 4) is 5.75 Å². The number of nitrogens with one attached hydrogen (secondary N) is 1. The van der Waals surface area contributed by atoms with E-state index in [-0.39, 0.29) is 17.9 Å². The van der Waals surface area contributed by atoms with Crippen molar-refractivity contribution in [1.29, 1.82) is 0 Å². The Balaban J connectivity index is 1.96. The van der Waals surface area contributed by atoms with E-state index >= 15 is 0 Å². The fourth-order valence-corrected chi connectivity index (χ4v) is 2.93. The van der Waals surface area contributed by atoms with Crippen molar-refractivity contribution in [2.75, 3.05) is 11.9 Å². The van der Waals surface area contributed by atoms with Crippen LogP contribution >= 0.6 is 0 Å². The number of rotatable bonds is 3. The second-order valence-corrected chi connectivity index (χ2v) is 5.53. The SMILES string of the molecule is CCO[C@@H]1C[C@H](c2ccc(C)cc2)Nc2c(O)cccc21. The molecule has 1 aliphatic rings. The molecule has 2 atom stereocenters. The average molecular weight is 283 g/mol. The number of para-hydroxylation sites is 1. The average Bonchev–Trinajstić information content (AvgIpc) is 2.49. The van der Waals surface area contributed by atoms with Crippen LogP contribution in [0.3, 0.4) is 0 Å². The topological polar surface area (TPSA) is 41.5 Å². The Labute approximate surface area is 125 Å². The number of hydrogen-bond donors (Lipinski definition) is 2. The predicted molar refractivity (Wildman–Crippen MR) is 84.6 cm³/mol. The van der Waals surface area contributed by atoms with Crippen molar-refractivity contribution in [3.63, 3.8) is 0 Å². The molecule has 3 rings (SSSR count). The second kappa shape index (κ2) is 5.78. The molecule has 3 heteroatoms. The molecule has 0 saturated heterocycles. The minimum Gasteiger partial charge on any atom is -0.506 e. The molecule has 2 aromatic rings. The van der Waals surface area contributed by atoms with Crippen LogP contribution in [0, 0.1) is 6.92 Å². The summed E-state index contributed by atoms with van der Waals surface area (Å²) in [5.41, 5.74) is 4.31. The number of hydrogen-bond acceptors (Lipinski definition) is 3. The van der Waals surface area contributed by atoms with Crippen molar-refractivity contribution in [2.24, 2.45) is 0 Å². The first-order valence-corrected chi connectivity index (χ1v) is 7.45. The van der Waals surface area contributed by atoms with Crippen LogP contribution in [-0.2, 0) is 4.74 Å². The number of benzene rings is 2. The summed E-state index contributed by atoms with van der Waals surface area (Å²) in [5.74, 6) is 0.286. The van der Waals surface area contributed by atoms with Gasteiger partial charge in [0.1, 0.15) is 5.75 Å². The van der Waals surface area contributed by atoms with Crippen molar-refractivity contribution >= 4 is 5.69 Å². The molecule has 21 heavy (non-hydrogen) atoms. The van der Waals surface area contributed by atoms with E-state index in [2.05, 4.69) is 36.5 Å². The van der Waals surface area contributed by atoms with Gasteiger partial charge in [0.15, 0.2) is 0 Å². The molecule has 0 fully saturated rings. The van der Waals surface area contributed by atoms with E-state index in [9.17, 15) is 5.11 Å². The highest BCUT2D eigenvalue weighted by Gasteiger charge is 2.29. The summed E-state index contributed by atoms with van der Waals surface area (Å²) < 4.78 is 5.89. The maximum atomic E-state index is 10.1. The van der Waals surface area contributed by atoms with E-state index in [0.717, 1.165) is 17.7 Å². The highest BCUT2D eigenvalue weighted by atomic mass is 16.5. The third kappa shape index (κ3) is 2.74. The molecule has 0 aromatic heterocycles. The van der Waals surface area contributed by atoms with Crippen LogP contribution in [0.4, 0.5) is 5.69 Å². The van der Waals surface area contributed by atoms with Crippen LogP contribution in [0.2, 0.25) is 0 Å². The lowest BCUT2D eigenvalue weighted by Gasteiger charge is -2.33. The first-order valence-electron chi connectivity index (χ1n) is 7.45. The van der Waals surface area contributed by atoms with Crippen LogP contribution in [0.1, 0.15) is 42.2 Å². The molecule has 2 aromatic carbocycles. The predicted octanol–water partition coefficient (Wildman–Crippen LogP) is 4.34. The van der Waals surface area contributed by atoms with Crippen molar-refractivity contribution < 1.29 is 9.84 Å². The van der Waals surface area contributed by atoms with Gasteiger partial charge in [-0.3, -0.25) is 0 Å². The zero-order valence-corrected chi connectivity index (χ0v) is 12.5. The quantitative estimate of drug-likeness (QED) is 0.824. The van der Waals surface area contributed by atoms with E-state index < -0.39 is 0 Å². The Morgan fingerprint density at radius 3 is 2.67 bits per heavy atom. The molecule has 1 heterocycles. The standard InChI is InChI=1S/C18H21NO2/c1-3-21-17-11-15(13-9-7-12(2)8-10-13)19-18-14(17)5-4-6-16(18)20/h4-10,15,17,19-20H,3,11H2,1-2H3/t15-,17-/m1/s1. The fourth-order valence-electron chi connectivity index (χ4n) is 2.93. The van der Waals surface area contributed by atoms with Gasteiger partial charge in [0.25, 0.3) is 0 Å². The summed E-state index contributed by atoms with van der Waals surface area (Å²) >= 11 is 0. The zero-order valence-electron chi connectivity index (χ0n) is 12.5. The molecule has 2 N–H and O–H groups in total. The van der Waals surface area contributed by atoms with Gasteiger partial charge in [-0.2, -0.15) is 0 Å². The van der Waals surface area contributed by atoms with E-state index in [4.69, 9.17) is 4.74 Å². The number of aryl methyl sites for hydroxylation is 1. The summed E-state index contributed by atoms with van der Waals surface area (Å²) in [6.45, 7) is 4.76. The van der Waals surface area contributed by atoms with Gasteiger partial charge in [-0.25, -0.2) is 0 Å². The second-order valence-electron chi connectivity index (χ2n) is 5.53. The van der Waals surface area contributed by atoms with Crippen LogP contribution in [0.25, 0.3) is 0 Å². The smallest absolute Gasteiger partial charge is 0.139 e. The Kier molecular flexibility index (Phi) is 3.84. The molecule has 0 bridgehead atoms. The lowest BCUT2D eigenvalue weighted by molar-refractivity contribution is 0.0497. The van der Waals surface area contributed by atoms with E-state index in [1.807, 2.05) is 19.1 Å². The summed E-state index contributed by atoms with van der Waals surface area (Å²) in [7, 11) is 0. The van der Waals surface area contributed by atoms with E-state index in [0.29, 0.717) is 6.61 Å². The van der Waals surface area contributed by atoms with Crippen molar-refractivity contribution in [3.05, 3.63) is 59.2 Å². The van der Waals surface area contributed by atoms with Crippen LogP contribution in [0.15, 0.2) is 42.5 Å². The van der Waals surface area contributed by atoms with Gasteiger partial charge in [0.2, 0.25) is 0 Å². The Hall–Kier alpha value is -2.00. The van der Waals surface area contributed by atoms with E-state index in [1.165, 1.54) is 11.1 Å². The third-order valence-corrected chi connectivity index (χ3v) is 4.04. The molecule has 110 valence electrons. The fraction of sp³-hybridized carbons (Fsp3) is 0.333. The monoisotopic (exact) mass is 283 g/mol. The number of phenolic OH excluding ortho intramolecular Hbond substituents is 1. The van der Waals surface area contributed by atoms with Gasteiger partial charge in [0.05, 0.1) is 17.8 Å². The Morgan fingerprint density at radius 2 is 1.95 bits per heavy atom. The first-order chi connectivity index (χ1) is 10.2. The van der Waals surface area contributed by atoms with Crippen LogP contribution in [-0.4, -0.2) is 11.7 Å². The minimum atomic E-state index is 0.0182. The lowest BCUT2D eigenvalue weighted by Crippen LogP contribution is -2.23. The Morgan fingerprint density at radius 1 is 1.19 bits per heavy atom. The maximum Gasteiger partial charge on any atom is 0.139 e. The molecule has 0 amide bonds. The van der Waals surface area contributed by atoms with Gasteiger partial charge in [-0.1, -0.05) is 42.0 Å². The van der Waals surface area contributed by atoms with Crippen molar-refractivity contribution in [1.82, 2.24) is 0 Å². The molecule has 3 nitrogen and oxygen atoms in total. The number of anilines is 1. The van der Waals surface area contributed by atoms with Gasteiger partial charge in [-0.05, 0) is 25.5 Å². The lowest BCUT2D eigenvalue weighted by atomic mass is 9.90. The van der Waals surface area contributed by atoms with Gasteiger partial charge >= 0.3 is 0 Å². The summed E-state index contributed by atoms with van der Waals surface area (Å²) in [4.78, 5) is 0. The zero-order chi connectivity index (χ0) is 14.8. The number of aromatic hydroxyl groups is 1. The largest absolute Gasteiger partial charge is 0.506 e. The van der Waals surface area contributed by atoms with Crippen molar-refractivity contribution in [2.45, 2.75) is 32.4 Å². The van der Waals surface area contributed by atoms with Crippen LogP contribution in [0.5, 0.6) is 5.75 Å². The normalized spacial score (nSPS) is 20.7. The number of fused-ring (bicyclic) bond motifs is 1. The maximum absolute atomic E-state index is 10.1. The molecule has 0 radical (unpaired) electrons. The van der Waals surface area contributed by atoms with Gasteiger partial charge < -0.3 is 15.2 Å². The molecule has 1 aliphatic heterocycles. The molecular formula is C18H21NO2. The van der Waals surface area contributed by atoms with Gasteiger partial charge in [-0.15, -0.1) is 0 Å². The number of phenols is 1. The van der Waals surface area contributed by atoms with E-state index in [1.54, 1.807) is 6.07 Å². The summed E-state index contributed by atoms with van der Waals surface area (Å²) in [5, 5.41) is 13.6. The molecule has 0 spiro atoms. The minimum absolute atomic E-state index is 0.0182. The first kappa shape index (κ1) is 14.0. The summed E-state index contributed by atoms with van der Waals surface area (Å²) in [6, 6.07) is 14.3. The molecule has 0 saturated carbocycles. The highest BCUT2D eigenvalue weighted by Crippen LogP contribution is 2.44. The summed E-state index contributed by atoms with van der Waals surface area (Å²) in [6.07, 6.45) is 0.887.